The third kappa shape index (κ3) is 3.08. The van der Waals surface area contributed by atoms with E-state index in [9.17, 15) is 4.79 Å². The number of carbonyl (C=O) groups excluding carboxylic acids is 1. The summed E-state index contributed by atoms with van der Waals surface area (Å²) in [4.78, 5) is 17.4. The van der Waals surface area contributed by atoms with Crippen molar-refractivity contribution in [2.75, 3.05) is 0 Å². The van der Waals surface area contributed by atoms with E-state index in [1.807, 2.05) is 47.9 Å². The van der Waals surface area contributed by atoms with Gasteiger partial charge in [-0.1, -0.05) is 42.5 Å². The number of aryl methyl sites for hydroxylation is 1. The van der Waals surface area contributed by atoms with Crippen molar-refractivity contribution in [2.45, 2.75) is 33.4 Å². The molecular weight excluding hydrogens is 334 g/mol. The fourth-order valence-corrected chi connectivity index (χ4v) is 3.91. The first-order chi connectivity index (χ1) is 13.1. The number of nitrogens with zero attached hydrogens (tertiary/aromatic N) is 3. The molecule has 1 unspecified atom stereocenters. The Labute approximate surface area is 159 Å². The van der Waals surface area contributed by atoms with Gasteiger partial charge in [0, 0.05) is 17.0 Å². The number of fused-ring (bicyclic) bond motifs is 1. The van der Waals surface area contributed by atoms with Crippen LogP contribution in [0.2, 0.25) is 0 Å². The van der Waals surface area contributed by atoms with Crippen LogP contribution in [0, 0.1) is 13.8 Å². The van der Waals surface area contributed by atoms with Crippen LogP contribution in [-0.4, -0.2) is 19.9 Å². The van der Waals surface area contributed by atoms with Crippen LogP contribution in [-0.2, 0) is 6.54 Å². The Morgan fingerprint density at radius 1 is 1.04 bits per heavy atom. The molecule has 27 heavy (non-hydrogen) atoms. The normalized spacial score (nSPS) is 12.4. The van der Waals surface area contributed by atoms with Crippen molar-refractivity contribution in [3.8, 4) is 0 Å². The molecule has 0 radical (unpaired) electrons. The highest BCUT2D eigenvalue weighted by Gasteiger charge is 2.20. The minimum Gasteiger partial charge on any atom is -0.341 e. The van der Waals surface area contributed by atoms with E-state index in [1.165, 1.54) is 5.56 Å². The molecule has 0 spiro atoms. The minimum atomic E-state index is 0.109. The zero-order valence-electron chi connectivity index (χ0n) is 15.9. The first kappa shape index (κ1) is 17.3. The van der Waals surface area contributed by atoms with Crippen LogP contribution >= 0.6 is 0 Å². The Bertz CT molecular complexity index is 1110. The van der Waals surface area contributed by atoms with E-state index >= 15 is 0 Å². The van der Waals surface area contributed by atoms with Crippen molar-refractivity contribution in [3.63, 3.8) is 0 Å². The smallest absolute Gasteiger partial charge is 0.184 e. The molecule has 0 saturated carbocycles. The molecule has 4 heteroatoms. The van der Waals surface area contributed by atoms with Gasteiger partial charge in [0.15, 0.2) is 5.78 Å². The highest BCUT2D eigenvalue weighted by atomic mass is 16.1. The molecule has 0 bridgehead atoms. The number of para-hydroxylation sites is 2. The molecule has 136 valence electrons. The molecule has 4 nitrogen and oxygen atoms in total. The van der Waals surface area contributed by atoms with E-state index in [4.69, 9.17) is 0 Å². The Hall–Kier alpha value is -3.14. The van der Waals surface area contributed by atoms with Gasteiger partial charge in [-0.25, -0.2) is 4.98 Å². The second-order valence-corrected chi connectivity index (χ2v) is 7.03. The fourth-order valence-electron chi connectivity index (χ4n) is 3.91. The monoisotopic (exact) mass is 357 g/mol. The molecule has 0 saturated heterocycles. The molecule has 2 heterocycles. The summed E-state index contributed by atoms with van der Waals surface area (Å²) in [7, 11) is 0. The molecule has 2 aromatic heterocycles. The quantitative estimate of drug-likeness (QED) is 0.474. The molecule has 0 aliphatic carbocycles. The highest BCUT2D eigenvalue weighted by Crippen LogP contribution is 2.26. The van der Waals surface area contributed by atoms with E-state index < -0.39 is 0 Å². The van der Waals surface area contributed by atoms with Gasteiger partial charge in [0.25, 0.3) is 0 Å². The maximum Gasteiger partial charge on any atom is 0.184 e. The van der Waals surface area contributed by atoms with E-state index in [-0.39, 0.29) is 11.8 Å². The topological polar surface area (TPSA) is 39.8 Å². The second-order valence-electron chi connectivity index (χ2n) is 7.03. The average Bonchev–Trinajstić information content (AvgIpc) is 3.22. The number of benzene rings is 2. The summed E-state index contributed by atoms with van der Waals surface area (Å²) >= 11 is 0. The molecule has 4 aromatic rings. The van der Waals surface area contributed by atoms with Gasteiger partial charge < -0.3 is 9.13 Å². The van der Waals surface area contributed by atoms with Crippen molar-refractivity contribution in [1.82, 2.24) is 14.1 Å². The lowest BCUT2D eigenvalue weighted by Gasteiger charge is -2.19. The standard InChI is InChI=1S/C23H23N3O/c1-16-13-20(18(3)26(16)17(2)19-9-5-4-6-10-19)23(27)14-25-15-24-21-11-7-8-12-22(21)25/h4-13,15,17H,14H2,1-3H3. The third-order valence-electron chi connectivity index (χ3n) is 5.30. The minimum absolute atomic E-state index is 0.109. The fraction of sp³-hybridized carbons (Fsp3) is 0.217. The van der Waals surface area contributed by atoms with Gasteiger partial charge >= 0.3 is 0 Å². The van der Waals surface area contributed by atoms with Crippen LogP contribution in [0.1, 0.15) is 40.3 Å². The van der Waals surface area contributed by atoms with Gasteiger partial charge in [0.1, 0.15) is 0 Å². The molecular formula is C23H23N3O. The van der Waals surface area contributed by atoms with Crippen molar-refractivity contribution in [2.24, 2.45) is 0 Å². The second kappa shape index (κ2) is 6.88. The number of Topliss-reactive ketones (excluding diaryl/α,β-unsaturated/α-hetero) is 1. The van der Waals surface area contributed by atoms with Crippen LogP contribution in [0.25, 0.3) is 11.0 Å². The van der Waals surface area contributed by atoms with Gasteiger partial charge in [0.05, 0.1) is 29.9 Å². The summed E-state index contributed by atoms with van der Waals surface area (Å²) in [5.41, 5.74) is 6.03. The number of aromatic nitrogens is 3. The lowest BCUT2D eigenvalue weighted by Crippen LogP contribution is -2.13. The average molecular weight is 357 g/mol. The molecule has 0 N–H and O–H groups in total. The van der Waals surface area contributed by atoms with Crippen LogP contribution in [0.15, 0.2) is 67.0 Å². The molecule has 0 aliphatic heterocycles. The van der Waals surface area contributed by atoms with E-state index in [0.717, 1.165) is 28.0 Å². The summed E-state index contributed by atoms with van der Waals surface area (Å²) in [5, 5.41) is 0. The largest absolute Gasteiger partial charge is 0.341 e. The van der Waals surface area contributed by atoms with Gasteiger partial charge in [-0.2, -0.15) is 0 Å². The Morgan fingerprint density at radius 3 is 2.52 bits per heavy atom. The molecule has 2 aromatic carbocycles. The van der Waals surface area contributed by atoms with Gasteiger partial charge in [-0.15, -0.1) is 0 Å². The van der Waals surface area contributed by atoms with Crippen molar-refractivity contribution < 1.29 is 4.79 Å². The summed E-state index contributed by atoms with van der Waals surface area (Å²) in [6.07, 6.45) is 1.74. The summed E-state index contributed by atoms with van der Waals surface area (Å²) in [5.74, 6) is 0.109. The lowest BCUT2D eigenvalue weighted by atomic mass is 10.1. The molecule has 0 fully saturated rings. The number of rotatable bonds is 5. The maximum absolute atomic E-state index is 13.0. The van der Waals surface area contributed by atoms with E-state index in [0.29, 0.717) is 6.54 Å². The number of ketones is 1. The van der Waals surface area contributed by atoms with Crippen LogP contribution in [0.4, 0.5) is 0 Å². The Kier molecular flexibility index (Phi) is 4.40. The Balaban J connectivity index is 1.65. The zero-order valence-corrected chi connectivity index (χ0v) is 15.9. The number of hydrogen-bond donors (Lipinski definition) is 0. The van der Waals surface area contributed by atoms with Crippen LogP contribution < -0.4 is 0 Å². The predicted octanol–water partition coefficient (Wildman–Crippen LogP) is 4.95. The number of imidazole rings is 1. The Morgan fingerprint density at radius 2 is 1.74 bits per heavy atom. The summed E-state index contributed by atoms with van der Waals surface area (Å²) in [6.45, 7) is 6.57. The van der Waals surface area contributed by atoms with E-state index in [1.54, 1.807) is 6.33 Å². The maximum atomic E-state index is 13.0. The van der Waals surface area contributed by atoms with Crippen LogP contribution in [0.3, 0.4) is 0 Å². The van der Waals surface area contributed by atoms with Crippen molar-refractivity contribution in [1.29, 1.82) is 0 Å². The first-order valence-electron chi connectivity index (χ1n) is 9.22. The first-order valence-corrected chi connectivity index (χ1v) is 9.22. The van der Waals surface area contributed by atoms with Gasteiger partial charge in [0.2, 0.25) is 0 Å². The van der Waals surface area contributed by atoms with Gasteiger partial charge in [-0.05, 0) is 44.5 Å². The van der Waals surface area contributed by atoms with Crippen molar-refractivity contribution in [3.05, 3.63) is 89.5 Å². The molecule has 1 atom stereocenters. The highest BCUT2D eigenvalue weighted by molar-refractivity contribution is 5.98. The van der Waals surface area contributed by atoms with Crippen LogP contribution in [0.5, 0.6) is 0 Å². The third-order valence-corrected chi connectivity index (χ3v) is 5.30. The van der Waals surface area contributed by atoms with Crippen molar-refractivity contribution >= 4 is 16.8 Å². The molecule has 4 rings (SSSR count). The number of hydrogen-bond acceptors (Lipinski definition) is 2. The molecule has 0 amide bonds. The van der Waals surface area contributed by atoms with E-state index in [2.05, 4.69) is 47.7 Å². The zero-order chi connectivity index (χ0) is 19.0. The summed E-state index contributed by atoms with van der Waals surface area (Å²) in [6, 6.07) is 20.5. The lowest BCUT2D eigenvalue weighted by molar-refractivity contribution is 0.0972. The molecule has 0 aliphatic rings. The number of carbonyl (C=O) groups is 1. The summed E-state index contributed by atoms with van der Waals surface area (Å²) < 4.78 is 4.17. The SMILES string of the molecule is Cc1cc(C(=O)Cn2cnc3ccccc32)c(C)n1C(C)c1ccccc1. The predicted molar refractivity (Wildman–Crippen MR) is 108 cm³/mol. The van der Waals surface area contributed by atoms with Gasteiger partial charge in [-0.3, -0.25) is 4.79 Å².